The van der Waals surface area contributed by atoms with Crippen LogP contribution in [0.4, 0.5) is 5.69 Å². The van der Waals surface area contributed by atoms with Crippen LogP contribution < -0.4 is 20.7 Å². The molecule has 6 heteroatoms. The zero-order valence-electron chi connectivity index (χ0n) is 16.9. The van der Waals surface area contributed by atoms with Crippen LogP contribution in [-0.4, -0.2) is 38.1 Å². The number of carbonyl (C=O) groups excluding carboxylic acids is 2. The molecule has 154 valence electrons. The van der Waals surface area contributed by atoms with Crippen molar-refractivity contribution in [1.29, 1.82) is 0 Å². The third-order valence-electron chi connectivity index (χ3n) is 5.19. The van der Waals surface area contributed by atoms with Gasteiger partial charge in [0.1, 0.15) is 5.75 Å². The quantitative estimate of drug-likeness (QED) is 0.609. The van der Waals surface area contributed by atoms with E-state index < -0.39 is 0 Å². The molecule has 2 amide bonds. The third-order valence-corrected chi connectivity index (χ3v) is 5.19. The van der Waals surface area contributed by atoms with E-state index in [4.69, 9.17) is 4.74 Å². The van der Waals surface area contributed by atoms with Crippen LogP contribution in [0.5, 0.6) is 5.75 Å². The number of hydrogen-bond acceptors (Lipinski definition) is 4. The maximum atomic E-state index is 12.6. The number of para-hydroxylation sites is 1. The van der Waals surface area contributed by atoms with Gasteiger partial charge in [-0.2, -0.15) is 0 Å². The topological polar surface area (TPSA) is 79.5 Å². The average molecular weight is 396 g/mol. The van der Waals surface area contributed by atoms with Crippen LogP contribution in [0.15, 0.2) is 48.5 Å². The Morgan fingerprint density at radius 1 is 1.03 bits per heavy atom. The first kappa shape index (κ1) is 20.7. The largest absolute Gasteiger partial charge is 0.497 e. The maximum Gasteiger partial charge on any atom is 0.253 e. The summed E-state index contributed by atoms with van der Waals surface area (Å²) in [4.78, 5) is 24.8. The summed E-state index contributed by atoms with van der Waals surface area (Å²) in [7, 11) is 1.64. The Labute approximate surface area is 172 Å². The first-order chi connectivity index (χ1) is 14.2. The lowest BCUT2D eigenvalue weighted by molar-refractivity contribution is -0.120. The van der Waals surface area contributed by atoms with Crippen LogP contribution in [0.3, 0.4) is 0 Å². The molecule has 0 radical (unpaired) electrons. The van der Waals surface area contributed by atoms with Gasteiger partial charge in [0, 0.05) is 18.3 Å². The second-order valence-corrected chi connectivity index (χ2v) is 7.30. The van der Waals surface area contributed by atoms with Crippen molar-refractivity contribution in [2.24, 2.45) is 0 Å². The number of methoxy groups -OCH3 is 1. The van der Waals surface area contributed by atoms with E-state index in [1.54, 1.807) is 13.2 Å². The van der Waals surface area contributed by atoms with E-state index in [9.17, 15) is 9.59 Å². The molecule has 29 heavy (non-hydrogen) atoms. The van der Waals surface area contributed by atoms with Crippen molar-refractivity contribution < 1.29 is 14.3 Å². The summed E-state index contributed by atoms with van der Waals surface area (Å²) in [6, 6.07) is 15.3. The lowest BCUT2D eigenvalue weighted by Gasteiger charge is -2.15. The fourth-order valence-electron chi connectivity index (χ4n) is 3.57. The van der Waals surface area contributed by atoms with Crippen molar-refractivity contribution in [2.75, 3.05) is 25.5 Å². The highest BCUT2D eigenvalue weighted by molar-refractivity contribution is 6.00. The zero-order valence-corrected chi connectivity index (χ0v) is 16.9. The van der Waals surface area contributed by atoms with Crippen molar-refractivity contribution >= 4 is 17.5 Å². The molecule has 0 aromatic heterocycles. The highest BCUT2D eigenvalue weighted by Gasteiger charge is 2.17. The van der Waals surface area contributed by atoms with E-state index in [0.717, 1.165) is 30.6 Å². The second-order valence-electron chi connectivity index (χ2n) is 7.30. The third kappa shape index (κ3) is 6.24. The van der Waals surface area contributed by atoms with Crippen molar-refractivity contribution in [2.45, 2.75) is 38.1 Å². The Balaban J connectivity index is 1.48. The molecule has 3 rings (SSSR count). The Morgan fingerprint density at radius 3 is 2.48 bits per heavy atom. The van der Waals surface area contributed by atoms with Crippen molar-refractivity contribution in [1.82, 2.24) is 10.6 Å². The molecule has 0 heterocycles. The van der Waals surface area contributed by atoms with Gasteiger partial charge in [-0.25, -0.2) is 0 Å². The SMILES string of the molecule is COc1ccc(CCNC(=O)c2ccccc2NCC(=O)NC2CCCC2)cc1. The van der Waals surface area contributed by atoms with E-state index in [1.165, 1.54) is 12.8 Å². The van der Waals surface area contributed by atoms with Crippen LogP contribution in [-0.2, 0) is 11.2 Å². The predicted octanol–water partition coefficient (Wildman–Crippen LogP) is 3.14. The molecule has 0 atom stereocenters. The molecule has 1 fully saturated rings. The highest BCUT2D eigenvalue weighted by Crippen LogP contribution is 2.18. The molecule has 1 aliphatic rings. The van der Waals surface area contributed by atoms with Crippen LogP contribution in [0.1, 0.15) is 41.6 Å². The van der Waals surface area contributed by atoms with Gasteiger partial charge in [0.15, 0.2) is 0 Å². The zero-order chi connectivity index (χ0) is 20.5. The molecular weight excluding hydrogens is 366 g/mol. The van der Waals surface area contributed by atoms with Gasteiger partial charge in [-0.1, -0.05) is 37.1 Å². The lowest BCUT2D eigenvalue weighted by atomic mass is 10.1. The number of ether oxygens (including phenoxy) is 1. The summed E-state index contributed by atoms with van der Waals surface area (Å²) < 4.78 is 5.15. The Hall–Kier alpha value is -3.02. The Morgan fingerprint density at radius 2 is 1.76 bits per heavy atom. The van der Waals surface area contributed by atoms with Crippen LogP contribution in [0, 0.1) is 0 Å². The van der Waals surface area contributed by atoms with E-state index in [1.807, 2.05) is 42.5 Å². The van der Waals surface area contributed by atoms with Gasteiger partial charge in [0.05, 0.1) is 19.2 Å². The number of benzene rings is 2. The van der Waals surface area contributed by atoms with Crippen LogP contribution in [0.2, 0.25) is 0 Å². The number of anilines is 1. The molecule has 0 spiro atoms. The number of hydrogen-bond donors (Lipinski definition) is 3. The molecule has 2 aromatic rings. The van der Waals surface area contributed by atoms with Crippen LogP contribution in [0.25, 0.3) is 0 Å². The van der Waals surface area contributed by atoms with Crippen molar-refractivity contribution in [3.05, 3.63) is 59.7 Å². The highest BCUT2D eigenvalue weighted by atomic mass is 16.5. The molecule has 0 bridgehead atoms. The van der Waals surface area contributed by atoms with E-state index in [-0.39, 0.29) is 18.4 Å². The van der Waals surface area contributed by atoms with Gasteiger partial charge < -0.3 is 20.7 Å². The number of nitrogens with one attached hydrogen (secondary N) is 3. The minimum Gasteiger partial charge on any atom is -0.497 e. The van der Waals surface area contributed by atoms with E-state index in [0.29, 0.717) is 23.8 Å². The fraction of sp³-hybridized carbons (Fsp3) is 0.391. The van der Waals surface area contributed by atoms with Gasteiger partial charge in [0.25, 0.3) is 5.91 Å². The van der Waals surface area contributed by atoms with Crippen molar-refractivity contribution in [3.63, 3.8) is 0 Å². The van der Waals surface area contributed by atoms with Crippen LogP contribution >= 0.6 is 0 Å². The molecule has 0 unspecified atom stereocenters. The monoisotopic (exact) mass is 395 g/mol. The molecule has 0 saturated heterocycles. The predicted molar refractivity (Wildman–Crippen MR) is 114 cm³/mol. The summed E-state index contributed by atoms with van der Waals surface area (Å²) in [5, 5.41) is 9.10. The molecule has 6 nitrogen and oxygen atoms in total. The van der Waals surface area contributed by atoms with Gasteiger partial charge in [-0.15, -0.1) is 0 Å². The van der Waals surface area contributed by atoms with Gasteiger partial charge in [0.2, 0.25) is 5.91 Å². The maximum absolute atomic E-state index is 12.6. The molecule has 2 aromatic carbocycles. The van der Waals surface area contributed by atoms with Gasteiger partial charge in [-0.05, 0) is 49.1 Å². The molecular formula is C23H29N3O3. The summed E-state index contributed by atoms with van der Waals surface area (Å²) >= 11 is 0. The Bertz CT molecular complexity index is 814. The smallest absolute Gasteiger partial charge is 0.253 e. The van der Waals surface area contributed by atoms with Gasteiger partial charge >= 0.3 is 0 Å². The number of carbonyl (C=O) groups is 2. The standard InChI is InChI=1S/C23H29N3O3/c1-29-19-12-10-17(11-13-19)14-15-24-23(28)20-8-4-5-9-21(20)25-16-22(27)26-18-6-2-3-7-18/h4-5,8-13,18,25H,2-3,6-7,14-16H2,1H3,(H,24,28)(H,26,27). The molecule has 3 N–H and O–H groups in total. The van der Waals surface area contributed by atoms with Crippen molar-refractivity contribution in [3.8, 4) is 5.75 Å². The number of rotatable bonds is 9. The summed E-state index contributed by atoms with van der Waals surface area (Å²) in [6.07, 6.45) is 5.20. The van der Waals surface area contributed by atoms with Gasteiger partial charge in [-0.3, -0.25) is 9.59 Å². The summed E-state index contributed by atoms with van der Waals surface area (Å²) in [5.74, 6) is 0.624. The fourth-order valence-corrected chi connectivity index (χ4v) is 3.57. The Kier molecular flexibility index (Phi) is 7.50. The molecule has 1 saturated carbocycles. The summed E-state index contributed by atoms with van der Waals surface area (Å²) in [5.41, 5.74) is 2.33. The van der Waals surface area contributed by atoms with E-state index in [2.05, 4.69) is 16.0 Å². The normalized spacial score (nSPS) is 13.7. The minimum absolute atomic E-state index is 0.0355. The van der Waals surface area contributed by atoms with E-state index >= 15 is 0 Å². The average Bonchev–Trinajstić information content (AvgIpc) is 3.26. The number of amides is 2. The summed E-state index contributed by atoms with van der Waals surface area (Å²) in [6.45, 7) is 0.689. The lowest BCUT2D eigenvalue weighted by Crippen LogP contribution is -2.37. The molecule has 1 aliphatic carbocycles. The minimum atomic E-state index is -0.155. The first-order valence-electron chi connectivity index (χ1n) is 10.2. The second kappa shape index (κ2) is 10.5. The molecule has 0 aliphatic heterocycles. The first-order valence-corrected chi connectivity index (χ1v) is 10.2.